The van der Waals surface area contributed by atoms with Gasteiger partial charge in [-0.2, -0.15) is 4.98 Å². The molecule has 10 nitrogen and oxygen atoms in total. The third-order valence-corrected chi connectivity index (χ3v) is 3.93. The van der Waals surface area contributed by atoms with Gasteiger partial charge in [0.2, 0.25) is 5.95 Å². The molecule has 0 aliphatic carbocycles. The first kappa shape index (κ1) is 16.8. The van der Waals surface area contributed by atoms with Crippen molar-refractivity contribution in [3.05, 3.63) is 16.7 Å². The lowest BCUT2D eigenvalue weighted by atomic mass is 10.1. The van der Waals surface area contributed by atoms with E-state index in [-0.39, 0.29) is 35.5 Å². The van der Waals surface area contributed by atoms with Crippen LogP contribution in [0.3, 0.4) is 0 Å². The number of anilines is 1. The molecule has 0 spiro atoms. The van der Waals surface area contributed by atoms with Crippen LogP contribution in [-0.2, 0) is 14.2 Å². The van der Waals surface area contributed by atoms with E-state index in [4.69, 9.17) is 25.1 Å². The quantitative estimate of drug-likeness (QED) is 0.646. The van der Waals surface area contributed by atoms with E-state index in [1.54, 1.807) is 4.57 Å². The van der Waals surface area contributed by atoms with Crippen LogP contribution in [0, 0.1) is 0 Å². The molecule has 2 aliphatic heterocycles. The number of aliphatic hydroxyl groups is 1. The summed E-state index contributed by atoms with van der Waals surface area (Å²) in [6, 6.07) is 0. The molecular formula is C14H21N5O5. The zero-order chi connectivity index (χ0) is 17.5. The van der Waals surface area contributed by atoms with Crippen molar-refractivity contribution in [1.82, 2.24) is 19.5 Å². The van der Waals surface area contributed by atoms with Crippen LogP contribution in [0.4, 0.5) is 5.95 Å². The Kier molecular flexibility index (Phi) is 4.30. The van der Waals surface area contributed by atoms with Gasteiger partial charge in [0.15, 0.2) is 17.0 Å². The molecule has 4 N–H and O–H groups in total. The van der Waals surface area contributed by atoms with Gasteiger partial charge in [-0.05, 0) is 13.8 Å². The van der Waals surface area contributed by atoms with Gasteiger partial charge in [0.1, 0.15) is 12.3 Å². The zero-order valence-corrected chi connectivity index (χ0v) is 13.7. The van der Waals surface area contributed by atoms with Gasteiger partial charge < -0.3 is 25.1 Å². The Labute approximate surface area is 137 Å². The topological polar surface area (TPSA) is 138 Å². The number of nitrogen functional groups attached to an aromatic ring is 1. The predicted octanol–water partition coefficient (Wildman–Crippen LogP) is -0.251. The van der Waals surface area contributed by atoms with Crippen molar-refractivity contribution in [2.24, 2.45) is 0 Å². The van der Waals surface area contributed by atoms with Crippen molar-refractivity contribution in [3.63, 3.8) is 0 Å². The number of aliphatic hydroxyl groups excluding tert-OH is 1. The van der Waals surface area contributed by atoms with Gasteiger partial charge in [0.05, 0.1) is 19.0 Å². The third-order valence-electron chi connectivity index (χ3n) is 3.93. The molecule has 0 bridgehead atoms. The lowest BCUT2D eigenvalue weighted by Gasteiger charge is -2.30. The van der Waals surface area contributed by atoms with Gasteiger partial charge in [-0.1, -0.05) is 0 Å². The van der Waals surface area contributed by atoms with E-state index in [0.717, 1.165) is 7.11 Å². The van der Waals surface area contributed by atoms with E-state index in [2.05, 4.69) is 15.0 Å². The Morgan fingerprint density at radius 1 is 1.38 bits per heavy atom. The highest BCUT2D eigenvalue weighted by Crippen LogP contribution is 2.37. The van der Waals surface area contributed by atoms with E-state index < -0.39 is 5.79 Å². The van der Waals surface area contributed by atoms with Crippen molar-refractivity contribution in [1.29, 1.82) is 0 Å². The number of nitrogens with two attached hydrogens (primary N) is 1. The van der Waals surface area contributed by atoms with E-state index in [1.165, 1.54) is 6.33 Å². The molecular weight excluding hydrogens is 318 g/mol. The number of H-pyrrole nitrogens is 1. The maximum atomic E-state index is 11.8. The molecule has 0 amide bonds. The van der Waals surface area contributed by atoms with E-state index >= 15 is 0 Å². The Morgan fingerprint density at radius 2 is 2.08 bits per heavy atom. The summed E-state index contributed by atoms with van der Waals surface area (Å²) < 4.78 is 19.2. The summed E-state index contributed by atoms with van der Waals surface area (Å²) in [4.78, 5) is 22.5. The molecule has 2 aromatic heterocycles. The highest BCUT2D eigenvalue weighted by Gasteiger charge is 2.45. The van der Waals surface area contributed by atoms with Gasteiger partial charge in [-0.15, -0.1) is 0 Å². The maximum absolute atomic E-state index is 11.8. The van der Waals surface area contributed by atoms with Crippen molar-refractivity contribution in [2.75, 3.05) is 19.5 Å². The SMILES string of the molecule is CC1(C)OC2COC(n3cnc4c(=O)[nH]c(N)nc43)CC2O1.CO. The highest BCUT2D eigenvalue weighted by atomic mass is 16.8. The second-order valence-electron chi connectivity index (χ2n) is 6.01. The lowest BCUT2D eigenvalue weighted by Crippen LogP contribution is -2.37. The fourth-order valence-corrected chi connectivity index (χ4v) is 3.07. The van der Waals surface area contributed by atoms with Crippen LogP contribution in [0.15, 0.2) is 11.1 Å². The normalized spacial score (nSPS) is 28.2. The smallest absolute Gasteiger partial charge is 0.280 e. The number of fused-ring (bicyclic) bond motifs is 2. The Balaban J connectivity index is 0.000000815. The number of aromatic amines is 1. The number of aromatic nitrogens is 4. The summed E-state index contributed by atoms with van der Waals surface area (Å²) >= 11 is 0. The summed E-state index contributed by atoms with van der Waals surface area (Å²) in [5.74, 6) is -0.556. The van der Waals surface area contributed by atoms with Crippen molar-refractivity contribution in [3.8, 4) is 0 Å². The van der Waals surface area contributed by atoms with Crippen LogP contribution in [0.5, 0.6) is 0 Å². The van der Waals surface area contributed by atoms with Crippen LogP contribution in [-0.4, -0.2) is 56.3 Å². The van der Waals surface area contributed by atoms with Crippen LogP contribution in [0.2, 0.25) is 0 Å². The Morgan fingerprint density at radius 3 is 2.83 bits per heavy atom. The summed E-state index contributed by atoms with van der Waals surface area (Å²) in [7, 11) is 1.00. The van der Waals surface area contributed by atoms with Gasteiger partial charge in [-0.3, -0.25) is 14.3 Å². The lowest BCUT2D eigenvalue weighted by molar-refractivity contribution is -0.146. The van der Waals surface area contributed by atoms with Crippen molar-refractivity contribution >= 4 is 17.1 Å². The predicted molar refractivity (Wildman–Crippen MR) is 84.1 cm³/mol. The summed E-state index contributed by atoms with van der Waals surface area (Å²) in [5.41, 5.74) is 5.89. The Hall–Kier alpha value is -2.01. The molecule has 0 aromatic carbocycles. The van der Waals surface area contributed by atoms with E-state index in [0.29, 0.717) is 18.7 Å². The molecule has 3 unspecified atom stereocenters. The summed E-state index contributed by atoms with van der Waals surface area (Å²) in [6.45, 7) is 4.18. The maximum Gasteiger partial charge on any atom is 0.280 e. The number of ether oxygens (including phenoxy) is 3. The van der Waals surface area contributed by atoms with Gasteiger partial charge in [-0.25, -0.2) is 4.98 Å². The minimum Gasteiger partial charge on any atom is -0.400 e. The molecule has 3 atom stereocenters. The number of hydrogen-bond donors (Lipinski definition) is 3. The van der Waals surface area contributed by atoms with Gasteiger partial charge in [0.25, 0.3) is 5.56 Å². The van der Waals surface area contributed by atoms with Crippen LogP contribution in [0.1, 0.15) is 26.5 Å². The summed E-state index contributed by atoms with van der Waals surface area (Å²) in [5, 5.41) is 7.00. The molecule has 2 fully saturated rings. The average Bonchev–Trinajstić information content (AvgIpc) is 3.07. The Bertz CT molecular complexity index is 785. The monoisotopic (exact) mass is 339 g/mol. The molecule has 2 saturated heterocycles. The second-order valence-corrected chi connectivity index (χ2v) is 6.01. The molecule has 0 saturated carbocycles. The molecule has 2 aromatic rings. The van der Waals surface area contributed by atoms with E-state index in [9.17, 15) is 4.79 Å². The average molecular weight is 339 g/mol. The first-order valence-corrected chi connectivity index (χ1v) is 7.57. The minimum atomic E-state index is -0.607. The highest BCUT2D eigenvalue weighted by molar-refractivity contribution is 5.70. The molecule has 132 valence electrons. The first-order chi connectivity index (χ1) is 11.4. The van der Waals surface area contributed by atoms with Gasteiger partial charge >= 0.3 is 0 Å². The minimum absolute atomic E-state index is 0.0505. The number of hydrogen-bond acceptors (Lipinski definition) is 8. The number of rotatable bonds is 1. The summed E-state index contributed by atoms with van der Waals surface area (Å²) in [6.07, 6.45) is 1.66. The molecule has 4 heterocycles. The van der Waals surface area contributed by atoms with Gasteiger partial charge in [0, 0.05) is 13.5 Å². The number of imidazole rings is 1. The fraction of sp³-hybridized carbons (Fsp3) is 0.643. The van der Waals surface area contributed by atoms with Crippen LogP contribution >= 0.6 is 0 Å². The van der Waals surface area contributed by atoms with E-state index in [1.807, 2.05) is 13.8 Å². The van der Waals surface area contributed by atoms with Crippen molar-refractivity contribution in [2.45, 2.75) is 44.5 Å². The van der Waals surface area contributed by atoms with Crippen molar-refractivity contribution < 1.29 is 19.3 Å². The molecule has 4 rings (SSSR count). The number of nitrogens with zero attached hydrogens (tertiary/aromatic N) is 3. The third kappa shape index (κ3) is 2.88. The second kappa shape index (κ2) is 6.13. The van der Waals surface area contributed by atoms with Crippen LogP contribution < -0.4 is 11.3 Å². The fourth-order valence-electron chi connectivity index (χ4n) is 3.07. The molecule has 2 aliphatic rings. The number of nitrogens with one attached hydrogen (secondary N) is 1. The molecule has 10 heteroatoms. The standard InChI is InChI=1S/C13H17N5O4.CH4O/c1-13(2)21-6-3-8(20-4-7(6)22-13)18-5-15-9-10(18)16-12(14)17-11(9)19;1-2/h5-8H,3-4H2,1-2H3,(H3,14,16,17,19);2H,1H3. The first-order valence-electron chi connectivity index (χ1n) is 7.57. The largest absolute Gasteiger partial charge is 0.400 e. The van der Waals surface area contributed by atoms with Crippen LogP contribution in [0.25, 0.3) is 11.2 Å². The zero-order valence-electron chi connectivity index (χ0n) is 13.7. The molecule has 24 heavy (non-hydrogen) atoms. The molecule has 0 radical (unpaired) electrons.